The highest BCUT2D eigenvalue weighted by Crippen LogP contribution is 2.08. The Morgan fingerprint density at radius 2 is 1.92 bits per heavy atom. The van der Waals surface area contributed by atoms with Gasteiger partial charge in [-0.15, -0.1) is 0 Å². The van der Waals surface area contributed by atoms with Crippen molar-refractivity contribution in [1.29, 1.82) is 0 Å². The lowest BCUT2D eigenvalue weighted by Gasteiger charge is -1.97. The number of benzene rings is 1. The number of halogens is 1. The Morgan fingerprint density at radius 1 is 1.31 bits per heavy atom. The largest absolute Gasteiger partial charge is 0.212 e. The summed E-state index contributed by atoms with van der Waals surface area (Å²) in [5, 5.41) is 0. The first-order valence-corrected chi connectivity index (χ1v) is 4.62. The van der Waals surface area contributed by atoms with Gasteiger partial charge < -0.3 is 0 Å². The zero-order chi connectivity index (χ0) is 9.68. The molecule has 0 nitrogen and oxygen atoms in total. The Bertz CT molecular complexity index is 282. The van der Waals surface area contributed by atoms with Crippen LogP contribution in [0, 0.1) is 6.92 Å². The van der Waals surface area contributed by atoms with Crippen LogP contribution in [-0.2, 0) is 6.42 Å². The minimum absolute atomic E-state index is 0.0272. The van der Waals surface area contributed by atoms with E-state index in [-0.39, 0.29) is 5.83 Å². The first kappa shape index (κ1) is 9.97. The van der Waals surface area contributed by atoms with Gasteiger partial charge in [0.15, 0.2) is 0 Å². The minimum atomic E-state index is -0.0272. The lowest BCUT2D eigenvalue weighted by atomic mass is 10.1. The van der Waals surface area contributed by atoms with Gasteiger partial charge in [-0.25, -0.2) is 4.39 Å². The van der Waals surface area contributed by atoms with Crippen LogP contribution in [0.25, 0.3) is 0 Å². The fourth-order valence-corrected chi connectivity index (χ4v) is 1.10. The Balaban J connectivity index is 2.60. The van der Waals surface area contributed by atoms with Crippen LogP contribution in [0.4, 0.5) is 4.39 Å². The Morgan fingerprint density at radius 3 is 2.46 bits per heavy atom. The maximum Gasteiger partial charge on any atom is 0.0960 e. The Hall–Kier alpha value is -1.11. The molecule has 0 unspecified atom stereocenters. The van der Waals surface area contributed by atoms with E-state index in [1.807, 2.05) is 38.1 Å². The SMILES string of the molecule is CC/C(F)=C\Cc1ccc(C)cc1. The summed E-state index contributed by atoms with van der Waals surface area (Å²) in [6, 6.07) is 8.17. The van der Waals surface area contributed by atoms with Gasteiger partial charge in [0.05, 0.1) is 5.83 Å². The highest BCUT2D eigenvalue weighted by Gasteiger charge is 1.92. The van der Waals surface area contributed by atoms with E-state index in [2.05, 4.69) is 0 Å². The van der Waals surface area contributed by atoms with Crippen LogP contribution in [-0.4, -0.2) is 0 Å². The van der Waals surface area contributed by atoms with Gasteiger partial charge >= 0.3 is 0 Å². The first-order chi connectivity index (χ1) is 6.22. The molecule has 0 saturated carbocycles. The molecule has 1 aromatic rings. The second-order valence-electron chi connectivity index (χ2n) is 3.19. The molecule has 1 rings (SSSR count). The van der Waals surface area contributed by atoms with Crippen molar-refractivity contribution in [3.8, 4) is 0 Å². The number of hydrogen-bond acceptors (Lipinski definition) is 0. The van der Waals surface area contributed by atoms with Crippen molar-refractivity contribution in [2.45, 2.75) is 26.7 Å². The minimum Gasteiger partial charge on any atom is -0.212 e. The van der Waals surface area contributed by atoms with Crippen molar-refractivity contribution in [2.24, 2.45) is 0 Å². The van der Waals surface area contributed by atoms with Crippen molar-refractivity contribution in [3.63, 3.8) is 0 Å². The molecule has 0 N–H and O–H groups in total. The second kappa shape index (κ2) is 4.80. The summed E-state index contributed by atoms with van der Waals surface area (Å²) < 4.78 is 12.8. The van der Waals surface area contributed by atoms with E-state index in [0.717, 1.165) is 5.56 Å². The van der Waals surface area contributed by atoms with Gasteiger partial charge in [-0.2, -0.15) is 0 Å². The van der Waals surface area contributed by atoms with Crippen LogP contribution in [0.3, 0.4) is 0 Å². The van der Waals surface area contributed by atoms with E-state index in [1.54, 1.807) is 6.08 Å². The molecule has 0 amide bonds. The third-order valence-corrected chi connectivity index (χ3v) is 2.02. The van der Waals surface area contributed by atoms with Crippen LogP contribution in [0.1, 0.15) is 24.5 Å². The molecule has 0 atom stereocenters. The zero-order valence-electron chi connectivity index (χ0n) is 8.18. The van der Waals surface area contributed by atoms with Gasteiger partial charge in [0.2, 0.25) is 0 Å². The van der Waals surface area contributed by atoms with Crippen molar-refractivity contribution in [1.82, 2.24) is 0 Å². The summed E-state index contributed by atoms with van der Waals surface area (Å²) in [6.07, 6.45) is 2.83. The molecule has 1 aromatic carbocycles. The van der Waals surface area contributed by atoms with Crippen molar-refractivity contribution >= 4 is 0 Å². The normalized spacial score (nSPS) is 11.8. The molecular weight excluding hydrogens is 163 g/mol. The molecule has 13 heavy (non-hydrogen) atoms. The van der Waals surface area contributed by atoms with Crippen LogP contribution < -0.4 is 0 Å². The summed E-state index contributed by atoms with van der Waals surface area (Å²) in [6.45, 7) is 3.87. The molecule has 0 radical (unpaired) electrons. The van der Waals surface area contributed by atoms with Gasteiger partial charge in [-0.1, -0.05) is 36.8 Å². The molecule has 0 aliphatic carbocycles. The first-order valence-electron chi connectivity index (χ1n) is 4.62. The molecule has 0 bridgehead atoms. The van der Waals surface area contributed by atoms with Crippen LogP contribution >= 0.6 is 0 Å². The molecule has 0 spiro atoms. The average molecular weight is 178 g/mol. The number of allylic oxidation sites excluding steroid dienone is 2. The van der Waals surface area contributed by atoms with E-state index < -0.39 is 0 Å². The highest BCUT2D eigenvalue weighted by atomic mass is 19.1. The number of aryl methyl sites for hydroxylation is 1. The predicted molar refractivity (Wildman–Crippen MR) is 54.4 cm³/mol. The number of rotatable bonds is 3. The lowest BCUT2D eigenvalue weighted by Crippen LogP contribution is -1.82. The van der Waals surface area contributed by atoms with Crippen molar-refractivity contribution < 1.29 is 4.39 Å². The van der Waals surface area contributed by atoms with Gasteiger partial charge in [0.25, 0.3) is 0 Å². The highest BCUT2D eigenvalue weighted by molar-refractivity contribution is 5.23. The maximum atomic E-state index is 12.8. The third kappa shape index (κ3) is 3.41. The van der Waals surface area contributed by atoms with Gasteiger partial charge in [0, 0.05) is 0 Å². The van der Waals surface area contributed by atoms with E-state index in [0.29, 0.717) is 12.8 Å². The summed E-state index contributed by atoms with van der Waals surface area (Å²) in [7, 11) is 0. The standard InChI is InChI=1S/C12H15F/c1-3-12(13)9-8-11-6-4-10(2)5-7-11/h4-7,9H,3,8H2,1-2H3/b12-9+. The molecule has 70 valence electrons. The van der Waals surface area contributed by atoms with E-state index in [4.69, 9.17) is 0 Å². The fourth-order valence-electron chi connectivity index (χ4n) is 1.10. The second-order valence-corrected chi connectivity index (χ2v) is 3.19. The Labute approximate surface area is 79.1 Å². The quantitative estimate of drug-likeness (QED) is 0.660. The van der Waals surface area contributed by atoms with E-state index >= 15 is 0 Å². The van der Waals surface area contributed by atoms with E-state index in [1.165, 1.54) is 5.56 Å². The smallest absolute Gasteiger partial charge is 0.0960 e. The molecule has 0 aliphatic rings. The Kier molecular flexibility index (Phi) is 3.69. The summed E-state index contributed by atoms with van der Waals surface area (Å²) in [5.74, 6) is -0.0272. The monoisotopic (exact) mass is 178 g/mol. The van der Waals surface area contributed by atoms with Crippen LogP contribution in [0.15, 0.2) is 36.2 Å². The number of hydrogen-bond donors (Lipinski definition) is 0. The average Bonchev–Trinajstić information content (AvgIpc) is 2.16. The van der Waals surface area contributed by atoms with Gasteiger partial charge in [-0.05, 0) is 31.4 Å². The molecular formula is C12H15F. The summed E-state index contributed by atoms with van der Waals surface area (Å²) in [5.41, 5.74) is 2.40. The molecule has 0 aliphatic heterocycles. The van der Waals surface area contributed by atoms with Crippen molar-refractivity contribution in [3.05, 3.63) is 47.3 Å². The zero-order valence-corrected chi connectivity index (χ0v) is 8.18. The molecule has 1 heteroatoms. The predicted octanol–water partition coefficient (Wildman–Crippen LogP) is 3.80. The molecule has 0 saturated heterocycles. The van der Waals surface area contributed by atoms with Crippen LogP contribution in [0.5, 0.6) is 0 Å². The van der Waals surface area contributed by atoms with Gasteiger partial charge in [-0.3, -0.25) is 0 Å². The van der Waals surface area contributed by atoms with Crippen molar-refractivity contribution in [2.75, 3.05) is 0 Å². The summed E-state index contributed by atoms with van der Waals surface area (Å²) >= 11 is 0. The lowest BCUT2D eigenvalue weighted by molar-refractivity contribution is 0.600. The fraction of sp³-hybridized carbons (Fsp3) is 0.333. The maximum absolute atomic E-state index is 12.8. The molecule has 0 aromatic heterocycles. The van der Waals surface area contributed by atoms with Crippen LogP contribution in [0.2, 0.25) is 0 Å². The molecule has 0 fully saturated rings. The van der Waals surface area contributed by atoms with E-state index in [9.17, 15) is 4.39 Å². The third-order valence-electron chi connectivity index (χ3n) is 2.02. The van der Waals surface area contributed by atoms with Gasteiger partial charge in [0.1, 0.15) is 0 Å². The molecule has 0 heterocycles. The summed E-state index contributed by atoms with van der Waals surface area (Å²) in [4.78, 5) is 0. The topological polar surface area (TPSA) is 0 Å².